The molecule has 6 nitrogen and oxygen atoms in total. The van der Waals surface area contributed by atoms with Crippen LogP contribution in [-0.2, 0) is 0 Å². The Bertz CT molecular complexity index is 619. The van der Waals surface area contributed by atoms with Crippen molar-refractivity contribution in [2.45, 2.75) is 13.0 Å². The van der Waals surface area contributed by atoms with E-state index in [0.717, 1.165) is 11.3 Å². The lowest BCUT2D eigenvalue weighted by molar-refractivity contribution is 0.0957. The fourth-order valence-electron chi connectivity index (χ4n) is 2.08. The van der Waals surface area contributed by atoms with E-state index in [-0.39, 0.29) is 11.9 Å². The van der Waals surface area contributed by atoms with E-state index >= 15 is 0 Å². The van der Waals surface area contributed by atoms with E-state index in [1.54, 1.807) is 31.1 Å². The van der Waals surface area contributed by atoms with E-state index in [1.807, 2.05) is 25.1 Å². The molecule has 2 aromatic rings. The normalized spacial score (nSPS) is 12.0. The van der Waals surface area contributed by atoms with Gasteiger partial charge in [-0.1, -0.05) is 6.07 Å². The summed E-state index contributed by atoms with van der Waals surface area (Å²) in [4.78, 5) is 11.6. The maximum atomic E-state index is 11.6. The summed E-state index contributed by atoms with van der Waals surface area (Å²) in [5.41, 5.74) is 8.02. The number of ether oxygens (including phenoxy) is 1. The Kier molecular flexibility index (Phi) is 4.05. The Balaban J connectivity index is 2.52. The Morgan fingerprint density at radius 3 is 2.80 bits per heavy atom. The number of methoxy groups -OCH3 is 1. The fourth-order valence-corrected chi connectivity index (χ4v) is 2.08. The van der Waals surface area contributed by atoms with Crippen molar-refractivity contribution in [1.29, 1.82) is 0 Å². The highest BCUT2D eigenvalue weighted by Gasteiger charge is 2.16. The van der Waals surface area contributed by atoms with Crippen LogP contribution in [0.25, 0.3) is 5.69 Å². The lowest BCUT2D eigenvalue weighted by atomic mass is 10.1. The van der Waals surface area contributed by atoms with Crippen molar-refractivity contribution in [2.24, 2.45) is 5.73 Å². The van der Waals surface area contributed by atoms with Gasteiger partial charge < -0.3 is 15.8 Å². The van der Waals surface area contributed by atoms with E-state index in [2.05, 4.69) is 10.4 Å². The molecular weight excluding hydrogens is 256 g/mol. The number of hydrogen-bond acceptors (Lipinski definition) is 4. The summed E-state index contributed by atoms with van der Waals surface area (Å²) in [6.07, 6.45) is 1.73. The molecular formula is C14H18N4O2. The van der Waals surface area contributed by atoms with Crippen molar-refractivity contribution in [2.75, 3.05) is 14.2 Å². The Labute approximate surface area is 117 Å². The molecule has 0 fully saturated rings. The summed E-state index contributed by atoms with van der Waals surface area (Å²) < 4.78 is 6.97. The molecule has 106 valence electrons. The lowest BCUT2D eigenvalue weighted by Gasteiger charge is -2.16. The van der Waals surface area contributed by atoms with Gasteiger partial charge in [0.1, 0.15) is 5.75 Å². The third-order valence-corrected chi connectivity index (χ3v) is 3.01. The molecule has 1 aromatic carbocycles. The maximum absolute atomic E-state index is 11.6. The number of nitrogens with one attached hydrogen (secondary N) is 1. The average molecular weight is 274 g/mol. The van der Waals surface area contributed by atoms with Gasteiger partial charge in [0.25, 0.3) is 5.91 Å². The number of nitrogens with two attached hydrogens (primary N) is 1. The van der Waals surface area contributed by atoms with Crippen LogP contribution in [0.15, 0.2) is 30.5 Å². The van der Waals surface area contributed by atoms with Gasteiger partial charge in [-0.3, -0.25) is 4.79 Å². The monoisotopic (exact) mass is 274 g/mol. The second-order valence-corrected chi connectivity index (χ2v) is 4.41. The molecule has 1 atom stereocenters. The molecule has 6 heteroatoms. The average Bonchev–Trinajstić information content (AvgIpc) is 2.95. The quantitative estimate of drug-likeness (QED) is 0.879. The van der Waals surface area contributed by atoms with E-state index in [4.69, 9.17) is 10.5 Å². The molecule has 20 heavy (non-hydrogen) atoms. The Hall–Kier alpha value is -2.34. The van der Waals surface area contributed by atoms with E-state index in [9.17, 15) is 4.79 Å². The summed E-state index contributed by atoms with van der Waals surface area (Å²) in [7, 11) is 3.17. The predicted octanol–water partition coefficient (Wildman–Crippen LogP) is 1.26. The van der Waals surface area contributed by atoms with Crippen molar-refractivity contribution in [3.63, 3.8) is 0 Å². The van der Waals surface area contributed by atoms with Gasteiger partial charge in [0, 0.05) is 24.8 Å². The molecule has 0 aliphatic rings. The molecule has 0 aliphatic heterocycles. The van der Waals surface area contributed by atoms with E-state index in [0.29, 0.717) is 11.4 Å². The third kappa shape index (κ3) is 2.50. The largest absolute Gasteiger partial charge is 0.496 e. The first kappa shape index (κ1) is 14.1. The van der Waals surface area contributed by atoms with Crippen molar-refractivity contribution >= 4 is 5.91 Å². The van der Waals surface area contributed by atoms with Gasteiger partial charge in [0.05, 0.1) is 12.8 Å². The molecule has 0 saturated carbocycles. The Morgan fingerprint density at radius 2 is 2.20 bits per heavy atom. The molecule has 0 bridgehead atoms. The Morgan fingerprint density at radius 1 is 1.45 bits per heavy atom. The van der Waals surface area contributed by atoms with Crippen LogP contribution in [0.5, 0.6) is 5.75 Å². The first-order valence-corrected chi connectivity index (χ1v) is 6.29. The van der Waals surface area contributed by atoms with Gasteiger partial charge in [-0.25, -0.2) is 4.68 Å². The number of benzene rings is 1. The van der Waals surface area contributed by atoms with Crippen molar-refractivity contribution < 1.29 is 9.53 Å². The minimum atomic E-state index is -0.228. The molecule has 0 aliphatic carbocycles. The van der Waals surface area contributed by atoms with Gasteiger partial charge >= 0.3 is 0 Å². The molecule has 2 rings (SSSR count). The lowest BCUT2D eigenvalue weighted by Crippen LogP contribution is -2.19. The van der Waals surface area contributed by atoms with E-state index < -0.39 is 0 Å². The summed E-state index contributed by atoms with van der Waals surface area (Å²) >= 11 is 0. The van der Waals surface area contributed by atoms with Crippen molar-refractivity contribution in [1.82, 2.24) is 15.1 Å². The molecule has 1 heterocycles. The minimum Gasteiger partial charge on any atom is -0.496 e. The number of carbonyl (C=O) groups is 1. The number of rotatable bonds is 4. The molecule has 0 spiro atoms. The molecule has 0 saturated heterocycles. The third-order valence-electron chi connectivity index (χ3n) is 3.01. The first-order chi connectivity index (χ1) is 9.58. The van der Waals surface area contributed by atoms with Crippen LogP contribution < -0.4 is 15.8 Å². The number of amides is 1. The number of nitrogens with zero attached hydrogens (tertiary/aromatic N) is 2. The van der Waals surface area contributed by atoms with Crippen molar-refractivity contribution in [3.8, 4) is 11.4 Å². The molecule has 3 N–H and O–H groups in total. The van der Waals surface area contributed by atoms with Crippen LogP contribution in [0.3, 0.4) is 0 Å². The zero-order chi connectivity index (χ0) is 14.7. The minimum absolute atomic E-state index is 0.214. The second kappa shape index (κ2) is 5.75. The van der Waals surface area contributed by atoms with Gasteiger partial charge in [-0.15, -0.1) is 0 Å². The van der Waals surface area contributed by atoms with Gasteiger partial charge in [-0.2, -0.15) is 5.10 Å². The highest BCUT2D eigenvalue weighted by molar-refractivity contribution is 5.91. The fraction of sp³-hybridized carbons (Fsp3) is 0.286. The highest BCUT2D eigenvalue weighted by Crippen LogP contribution is 2.29. The molecule has 1 amide bonds. The number of carbonyl (C=O) groups excluding carboxylic acids is 1. The maximum Gasteiger partial charge on any atom is 0.271 e. The van der Waals surface area contributed by atoms with Crippen LogP contribution in [0.4, 0.5) is 0 Å². The summed E-state index contributed by atoms with van der Waals surface area (Å²) in [6.45, 7) is 1.88. The number of hydrogen-bond donors (Lipinski definition) is 2. The van der Waals surface area contributed by atoms with Crippen LogP contribution in [0, 0.1) is 0 Å². The molecule has 1 aromatic heterocycles. The number of aromatic nitrogens is 2. The van der Waals surface area contributed by atoms with Gasteiger partial charge in [-0.05, 0) is 25.1 Å². The zero-order valence-electron chi connectivity index (χ0n) is 11.8. The standard InChI is InChI=1S/C14H18N4O2/c1-9(15)13-11(5-4-6-12(13)20-3)18-8-7-10(17-18)14(19)16-2/h4-9H,15H2,1-3H3,(H,16,19). The van der Waals surface area contributed by atoms with Crippen LogP contribution in [0.1, 0.15) is 29.0 Å². The smallest absolute Gasteiger partial charge is 0.271 e. The first-order valence-electron chi connectivity index (χ1n) is 6.29. The second-order valence-electron chi connectivity index (χ2n) is 4.41. The zero-order valence-corrected chi connectivity index (χ0v) is 11.8. The summed E-state index contributed by atoms with van der Waals surface area (Å²) in [6, 6.07) is 7.05. The van der Waals surface area contributed by atoms with Crippen molar-refractivity contribution in [3.05, 3.63) is 41.7 Å². The molecule has 1 unspecified atom stereocenters. The van der Waals surface area contributed by atoms with Gasteiger partial charge in [0.2, 0.25) is 0 Å². The highest BCUT2D eigenvalue weighted by atomic mass is 16.5. The SMILES string of the molecule is CNC(=O)c1ccn(-c2cccc(OC)c2C(C)N)n1. The van der Waals surface area contributed by atoms with Crippen LogP contribution in [0.2, 0.25) is 0 Å². The van der Waals surface area contributed by atoms with Crippen LogP contribution in [-0.4, -0.2) is 29.8 Å². The predicted molar refractivity (Wildman–Crippen MR) is 76.1 cm³/mol. The summed E-state index contributed by atoms with van der Waals surface area (Å²) in [5, 5.41) is 6.81. The topological polar surface area (TPSA) is 82.2 Å². The summed E-state index contributed by atoms with van der Waals surface area (Å²) in [5.74, 6) is 0.475. The van der Waals surface area contributed by atoms with Gasteiger partial charge in [0.15, 0.2) is 5.69 Å². The van der Waals surface area contributed by atoms with E-state index in [1.165, 1.54) is 0 Å². The van der Waals surface area contributed by atoms with Crippen LogP contribution >= 0.6 is 0 Å². The molecule has 0 radical (unpaired) electrons.